The summed E-state index contributed by atoms with van der Waals surface area (Å²) < 4.78 is 29.4. The lowest BCUT2D eigenvalue weighted by Gasteiger charge is -2.09. The highest BCUT2D eigenvalue weighted by Gasteiger charge is 2.18. The number of hydrogen-bond acceptors (Lipinski definition) is 3. The SMILES string of the molecule is Cc1ccc(Br)c(NS(=O)(=O)c2cc(CO)n(C)c2)c1. The van der Waals surface area contributed by atoms with Crippen LogP contribution in [0.5, 0.6) is 0 Å². The zero-order valence-electron chi connectivity index (χ0n) is 11.1. The minimum Gasteiger partial charge on any atom is -0.390 e. The van der Waals surface area contributed by atoms with Crippen molar-refractivity contribution in [1.82, 2.24) is 4.57 Å². The van der Waals surface area contributed by atoms with Gasteiger partial charge in [0, 0.05) is 23.4 Å². The average Bonchev–Trinajstić information content (AvgIpc) is 2.76. The van der Waals surface area contributed by atoms with Gasteiger partial charge in [-0.25, -0.2) is 8.42 Å². The van der Waals surface area contributed by atoms with E-state index in [1.807, 2.05) is 13.0 Å². The molecule has 0 saturated carbocycles. The van der Waals surface area contributed by atoms with Crippen LogP contribution in [0.15, 0.2) is 39.8 Å². The summed E-state index contributed by atoms with van der Waals surface area (Å²) in [5, 5.41) is 9.12. The Morgan fingerprint density at radius 2 is 2.05 bits per heavy atom. The maximum absolute atomic E-state index is 12.3. The molecular weight excluding hydrogens is 344 g/mol. The number of aliphatic hydroxyl groups is 1. The molecule has 0 saturated heterocycles. The summed E-state index contributed by atoms with van der Waals surface area (Å²) in [6, 6.07) is 6.87. The van der Waals surface area contributed by atoms with Crippen molar-refractivity contribution in [2.24, 2.45) is 7.05 Å². The zero-order valence-corrected chi connectivity index (χ0v) is 13.5. The Morgan fingerprint density at radius 3 is 2.65 bits per heavy atom. The number of aliphatic hydroxyl groups excluding tert-OH is 1. The van der Waals surface area contributed by atoms with Gasteiger partial charge < -0.3 is 9.67 Å². The van der Waals surface area contributed by atoms with Crippen LogP contribution >= 0.6 is 15.9 Å². The minimum atomic E-state index is -3.68. The third kappa shape index (κ3) is 3.05. The number of aromatic nitrogens is 1. The third-order valence-corrected chi connectivity index (χ3v) is 4.95. The maximum atomic E-state index is 12.3. The van der Waals surface area contributed by atoms with Crippen LogP contribution in [0.3, 0.4) is 0 Å². The first kappa shape index (κ1) is 15.1. The number of benzene rings is 1. The summed E-state index contributed by atoms with van der Waals surface area (Å²) in [6.45, 7) is 1.68. The molecule has 0 atom stereocenters. The molecular formula is C13H15BrN2O3S. The van der Waals surface area contributed by atoms with Crippen LogP contribution in [-0.4, -0.2) is 18.1 Å². The molecule has 0 unspecified atom stereocenters. The van der Waals surface area contributed by atoms with E-state index in [1.54, 1.807) is 23.7 Å². The maximum Gasteiger partial charge on any atom is 0.263 e. The van der Waals surface area contributed by atoms with Gasteiger partial charge in [0.05, 0.1) is 12.3 Å². The number of halogens is 1. The van der Waals surface area contributed by atoms with E-state index in [-0.39, 0.29) is 11.5 Å². The molecule has 7 heteroatoms. The van der Waals surface area contributed by atoms with Gasteiger partial charge in [-0.2, -0.15) is 0 Å². The van der Waals surface area contributed by atoms with Gasteiger partial charge in [-0.3, -0.25) is 4.72 Å². The van der Waals surface area contributed by atoms with Gasteiger partial charge in [0.25, 0.3) is 10.0 Å². The van der Waals surface area contributed by atoms with Crippen molar-refractivity contribution < 1.29 is 13.5 Å². The van der Waals surface area contributed by atoms with E-state index in [9.17, 15) is 8.42 Å². The summed E-state index contributed by atoms with van der Waals surface area (Å²) in [4.78, 5) is 0.123. The molecule has 20 heavy (non-hydrogen) atoms. The van der Waals surface area contributed by atoms with Crippen molar-refractivity contribution in [1.29, 1.82) is 0 Å². The number of sulfonamides is 1. The Hall–Kier alpha value is -1.31. The van der Waals surface area contributed by atoms with Crippen LogP contribution < -0.4 is 4.72 Å². The predicted octanol–water partition coefficient (Wildman–Crippen LogP) is 2.39. The first-order chi connectivity index (χ1) is 9.33. The quantitative estimate of drug-likeness (QED) is 0.881. The van der Waals surface area contributed by atoms with E-state index < -0.39 is 10.0 Å². The summed E-state index contributed by atoms with van der Waals surface area (Å²) in [5.41, 5.74) is 1.98. The highest BCUT2D eigenvalue weighted by Crippen LogP contribution is 2.26. The summed E-state index contributed by atoms with van der Waals surface area (Å²) in [7, 11) is -1.99. The van der Waals surface area contributed by atoms with E-state index >= 15 is 0 Å². The molecule has 0 aliphatic heterocycles. The van der Waals surface area contributed by atoms with Crippen molar-refractivity contribution in [2.45, 2.75) is 18.4 Å². The monoisotopic (exact) mass is 358 g/mol. The van der Waals surface area contributed by atoms with Crippen molar-refractivity contribution in [3.05, 3.63) is 46.2 Å². The number of nitrogens with one attached hydrogen (secondary N) is 1. The van der Waals surface area contributed by atoms with Crippen LogP contribution in [0.25, 0.3) is 0 Å². The van der Waals surface area contributed by atoms with Gasteiger partial charge in [0.15, 0.2) is 0 Å². The van der Waals surface area contributed by atoms with Gasteiger partial charge in [0.2, 0.25) is 0 Å². The van der Waals surface area contributed by atoms with Gasteiger partial charge in [-0.05, 0) is 46.6 Å². The molecule has 0 bridgehead atoms. The average molecular weight is 359 g/mol. The Labute approximate surface area is 126 Å². The molecule has 0 aliphatic carbocycles. The molecule has 0 amide bonds. The largest absolute Gasteiger partial charge is 0.390 e. The van der Waals surface area contributed by atoms with E-state index in [2.05, 4.69) is 20.7 Å². The van der Waals surface area contributed by atoms with E-state index in [0.717, 1.165) is 5.56 Å². The number of hydrogen-bond donors (Lipinski definition) is 2. The van der Waals surface area contributed by atoms with Crippen LogP contribution in [-0.2, 0) is 23.7 Å². The van der Waals surface area contributed by atoms with Crippen LogP contribution in [0.4, 0.5) is 5.69 Å². The molecule has 1 heterocycles. The molecule has 5 nitrogen and oxygen atoms in total. The van der Waals surface area contributed by atoms with E-state index in [0.29, 0.717) is 15.9 Å². The summed E-state index contributed by atoms with van der Waals surface area (Å²) in [6.07, 6.45) is 1.47. The lowest BCUT2D eigenvalue weighted by atomic mass is 10.2. The van der Waals surface area contributed by atoms with Crippen LogP contribution in [0.1, 0.15) is 11.3 Å². The van der Waals surface area contributed by atoms with Gasteiger partial charge in [0.1, 0.15) is 4.90 Å². The van der Waals surface area contributed by atoms with Crippen LogP contribution in [0.2, 0.25) is 0 Å². The Balaban J connectivity index is 2.37. The second-order valence-electron chi connectivity index (χ2n) is 4.52. The first-order valence-electron chi connectivity index (χ1n) is 5.88. The molecule has 1 aromatic carbocycles. The lowest BCUT2D eigenvalue weighted by Crippen LogP contribution is -2.12. The topological polar surface area (TPSA) is 71.3 Å². The zero-order chi connectivity index (χ0) is 14.9. The Kier molecular flexibility index (Phi) is 4.22. The number of rotatable bonds is 4. The highest BCUT2D eigenvalue weighted by molar-refractivity contribution is 9.10. The van der Waals surface area contributed by atoms with Crippen molar-refractivity contribution in [3.63, 3.8) is 0 Å². The molecule has 1 aromatic heterocycles. The molecule has 108 valence electrons. The van der Waals surface area contributed by atoms with Gasteiger partial charge in [-0.1, -0.05) is 6.07 Å². The van der Waals surface area contributed by atoms with Crippen LogP contribution in [0, 0.1) is 6.92 Å². The standard InChI is InChI=1S/C13H15BrN2O3S/c1-9-3-4-12(14)13(5-9)15-20(18,19)11-6-10(8-17)16(2)7-11/h3-7,15,17H,8H2,1-2H3. The van der Waals surface area contributed by atoms with Crippen molar-refractivity contribution >= 4 is 31.6 Å². The molecule has 2 rings (SSSR count). The third-order valence-electron chi connectivity index (χ3n) is 2.92. The number of nitrogens with zero attached hydrogens (tertiary/aromatic N) is 1. The molecule has 2 aromatic rings. The smallest absolute Gasteiger partial charge is 0.263 e. The van der Waals surface area contributed by atoms with E-state index in [4.69, 9.17) is 5.11 Å². The lowest BCUT2D eigenvalue weighted by molar-refractivity contribution is 0.272. The molecule has 0 spiro atoms. The second kappa shape index (κ2) is 5.59. The summed E-state index contributed by atoms with van der Waals surface area (Å²) >= 11 is 3.32. The highest BCUT2D eigenvalue weighted by atomic mass is 79.9. The van der Waals surface area contributed by atoms with Crippen molar-refractivity contribution in [3.8, 4) is 0 Å². The van der Waals surface area contributed by atoms with Crippen molar-refractivity contribution in [2.75, 3.05) is 4.72 Å². The fourth-order valence-corrected chi connectivity index (χ4v) is 3.44. The normalized spacial score (nSPS) is 11.6. The first-order valence-corrected chi connectivity index (χ1v) is 8.16. The van der Waals surface area contributed by atoms with Gasteiger partial charge in [-0.15, -0.1) is 0 Å². The number of aryl methyl sites for hydroxylation is 2. The predicted molar refractivity (Wildman–Crippen MR) is 81.0 cm³/mol. The van der Waals surface area contributed by atoms with E-state index in [1.165, 1.54) is 12.3 Å². The Bertz CT molecular complexity index is 738. The van der Waals surface area contributed by atoms with Gasteiger partial charge >= 0.3 is 0 Å². The molecule has 0 radical (unpaired) electrons. The number of anilines is 1. The molecule has 0 fully saturated rings. The fourth-order valence-electron chi connectivity index (χ4n) is 1.80. The molecule has 0 aliphatic rings. The summed E-state index contributed by atoms with van der Waals surface area (Å²) in [5.74, 6) is 0. The Morgan fingerprint density at radius 1 is 1.35 bits per heavy atom. The minimum absolute atomic E-state index is 0.123. The second-order valence-corrected chi connectivity index (χ2v) is 7.06. The fraction of sp³-hybridized carbons (Fsp3) is 0.231. The molecule has 2 N–H and O–H groups in total.